The van der Waals surface area contributed by atoms with Crippen LogP contribution in [0.4, 0.5) is 0 Å². The van der Waals surface area contributed by atoms with Gasteiger partial charge in [0.15, 0.2) is 6.10 Å². The van der Waals surface area contributed by atoms with Crippen LogP contribution in [0.1, 0.15) is 30.4 Å². The number of ether oxygens (including phenoxy) is 2. The Balaban J connectivity index is 1.59. The number of rotatable bonds is 8. The highest BCUT2D eigenvalue weighted by molar-refractivity contribution is 5.81. The van der Waals surface area contributed by atoms with Crippen molar-refractivity contribution in [1.29, 1.82) is 0 Å². The summed E-state index contributed by atoms with van der Waals surface area (Å²) in [6.07, 6.45) is -0.0551. The molecule has 1 heterocycles. The number of nitrogens with one attached hydrogen (secondary N) is 1. The Hall–Kier alpha value is -3.35. The predicted octanol–water partition coefficient (Wildman–Crippen LogP) is 3.84. The third-order valence-corrected chi connectivity index (χ3v) is 4.49. The number of carbonyl (C=O) groups is 1. The number of nitrogens with zero attached hydrogens (tertiary/aromatic N) is 2. The molecule has 0 spiro atoms. The van der Waals surface area contributed by atoms with Crippen molar-refractivity contribution in [2.75, 3.05) is 7.11 Å². The molecular weight excluding hydrogens is 370 g/mol. The quantitative estimate of drug-likeness (QED) is 0.624. The second kappa shape index (κ2) is 9.23. The molecule has 1 aromatic heterocycles. The molecule has 1 atom stereocenters. The number of methoxy groups -OCH3 is 1. The van der Waals surface area contributed by atoms with Crippen LogP contribution in [0.3, 0.4) is 0 Å². The average molecular weight is 395 g/mol. The minimum Gasteiger partial charge on any atom is -0.497 e. The lowest BCUT2D eigenvalue weighted by molar-refractivity contribution is -0.128. The Morgan fingerprint density at radius 2 is 1.93 bits per heavy atom. The third-order valence-electron chi connectivity index (χ3n) is 4.49. The van der Waals surface area contributed by atoms with Crippen molar-refractivity contribution in [2.24, 2.45) is 0 Å². The molecule has 152 valence electrons. The van der Waals surface area contributed by atoms with Crippen molar-refractivity contribution in [3.05, 3.63) is 59.5 Å². The third kappa shape index (κ3) is 5.13. The highest BCUT2D eigenvalue weighted by Crippen LogP contribution is 2.21. The number of aromatic nitrogens is 2. The first-order valence-corrected chi connectivity index (χ1v) is 9.48. The Labute approximate surface area is 170 Å². The summed E-state index contributed by atoms with van der Waals surface area (Å²) in [5, 5.41) is 6.77. The van der Waals surface area contributed by atoms with Crippen LogP contribution in [-0.4, -0.2) is 29.3 Å². The van der Waals surface area contributed by atoms with Gasteiger partial charge in [0.05, 0.1) is 13.7 Å². The zero-order valence-corrected chi connectivity index (χ0v) is 17.1. The fourth-order valence-corrected chi connectivity index (χ4v) is 2.87. The van der Waals surface area contributed by atoms with Gasteiger partial charge >= 0.3 is 0 Å². The summed E-state index contributed by atoms with van der Waals surface area (Å²) < 4.78 is 16.3. The second-order valence-electron chi connectivity index (χ2n) is 6.74. The molecule has 3 aromatic rings. The number of benzene rings is 2. The van der Waals surface area contributed by atoms with E-state index in [4.69, 9.17) is 14.0 Å². The first-order valence-electron chi connectivity index (χ1n) is 9.48. The maximum absolute atomic E-state index is 12.5. The van der Waals surface area contributed by atoms with E-state index < -0.39 is 6.10 Å². The standard InChI is InChI=1S/C22H25N3O4/c1-5-18(28-19-11-6-14(2)12-15(19)3)22(26)23-13-20-24-21(25-29-20)16-7-9-17(27-4)10-8-16/h6-12,18H,5,13H2,1-4H3,(H,23,26)/t18-/m1/s1. The Kier molecular flexibility index (Phi) is 6.49. The number of carbonyl (C=O) groups excluding carboxylic acids is 1. The van der Waals surface area contributed by atoms with Crippen LogP contribution in [-0.2, 0) is 11.3 Å². The van der Waals surface area contributed by atoms with Gasteiger partial charge in [0.1, 0.15) is 11.5 Å². The highest BCUT2D eigenvalue weighted by atomic mass is 16.5. The fraction of sp³-hybridized carbons (Fsp3) is 0.318. The molecular formula is C22H25N3O4. The van der Waals surface area contributed by atoms with Gasteiger partial charge in [-0.3, -0.25) is 4.79 Å². The number of hydrogen-bond acceptors (Lipinski definition) is 6. The normalized spacial score (nSPS) is 11.7. The van der Waals surface area contributed by atoms with Gasteiger partial charge in [-0.05, 0) is 56.2 Å². The zero-order valence-electron chi connectivity index (χ0n) is 17.1. The van der Waals surface area contributed by atoms with Crippen molar-refractivity contribution >= 4 is 5.91 Å². The molecule has 0 aliphatic carbocycles. The topological polar surface area (TPSA) is 86.5 Å². The Morgan fingerprint density at radius 1 is 1.17 bits per heavy atom. The van der Waals surface area contributed by atoms with Gasteiger partial charge < -0.3 is 19.3 Å². The summed E-state index contributed by atoms with van der Waals surface area (Å²) in [6.45, 7) is 6.02. The SMILES string of the molecule is CC[C@@H](Oc1ccc(C)cc1C)C(=O)NCc1nc(-c2ccc(OC)cc2)no1. The molecule has 7 nitrogen and oxygen atoms in total. The van der Waals surface area contributed by atoms with E-state index in [0.29, 0.717) is 23.9 Å². The van der Waals surface area contributed by atoms with Crippen molar-refractivity contribution in [2.45, 2.75) is 39.8 Å². The molecule has 0 saturated carbocycles. The molecule has 1 amide bonds. The maximum atomic E-state index is 12.5. The summed E-state index contributed by atoms with van der Waals surface area (Å²) in [4.78, 5) is 16.9. The van der Waals surface area contributed by atoms with Gasteiger partial charge in [-0.15, -0.1) is 0 Å². The predicted molar refractivity (Wildman–Crippen MR) is 109 cm³/mol. The Bertz CT molecular complexity index is 966. The highest BCUT2D eigenvalue weighted by Gasteiger charge is 2.20. The maximum Gasteiger partial charge on any atom is 0.261 e. The van der Waals surface area contributed by atoms with Gasteiger partial charge in [0.25, 0.3) is 5.91 Å². The van der Waals surface area contributed by atoms with Crippen molar-refractivity contribution < 1.29 is 18.8 Å². The molecule has 3 rings (SSSR count). The number of aryl methyl sites for hydroxylation is 2. The van der Waals surface area contributed by atoms with Crippen LogP contribution in [0.2, 0.25) is 0 Å². The molecule has 0 aliphatic rings. The van der Waals surface area contributed by atoms with Crippen LogP contribution >= 0.6 is 0 Å². The summed E-state index contributed by atoms with van der Waals surface area (Å²) in [7, 11) is 1.61. The van der Waals surface area contributed by atoms with E-state index in [9.17, 15) is 4.79 Å². The van der Waals surface area contributed by atoms with E-state index in [0.717, 1.165) is 22.4 Å². The van der Waals surface area contributed by atoms with Gasteiger partial charge in [0.2, 0.25) is 11.7 Å². The van der Waals surface area contributed by atoms with Crippen LogP contribution in [0, 0.1) is 13.8 Å². The molecule has 1 N–H and O–H groups in total. The summed E-state index contributed by atoms with van der Waals surface area (Å²) in [5.74, 6) is 2.01. The Morgan fingerprint density at radius 3 is 2.59 bits per heavy atom. The van der Waals surface area contributed by atoms with Gasteiger partial charge in [-0.2, -0.15) is 4.98 Å². The smallest absolute Gasteiger partial charge is 0.261 e. The van der Waals surface area contributed by atoms with E-state index >= 15 is 0 Å². The molecule has 0 aliphatic heterocycles. The fourth-order valence-electron chi connectivity index (χ4n) is 2.87. The van der Waals surface area contributed by atoms with Crippen LogP contribution in [0.25, 0.3) is 11.4 Å². The molecule has 0 fully saturated rings. The molecule has 0 bridgehead atoms. The van der Waals surface area contributed by atoms with Crippen LogP contribution in [0.5, 0.6) is 11.5 Å². The van der Waals surface area contributed by atoms with Crippen molar-refractivity contribution in [3.63, 3.8) is 0 Å². The van der Waals surface area contributed by atoms with Crippen LogP contribution < -0.4 is 14.8 Å². The summed E-state index contributed by atoms with van der Waals surface area (Å²) in [5.41, 5.74) is 2.95. The molecule has 0 unspecified atom stereocenters. The van der Waals surface area contributed by atoms with E-state index in [1.165, 1.54) is 0 Å². The minimum atomic E-state index is -0.597. The van der Waals surface area contributed by atoms with Crippen LogP contribution in [0.15, 0.2) is 47.0 Å². The van der Waals surface area contributed by atoms with Gasteiger partial charge in [0, 0.05) is 5.56 Å². The molecule has 29 heavy (non-hydrogen) atoms. The van der Waals surface area contributed by atoms with Gasteiger partial charge in [-0.1, -0.05) is 29.8 Å². The van der Waals surface area contributed by atoms with E-state index in [1.54, 1.807) is 7.11 Å². The van der Waals surface area contributed by atoms with Gasteiger partial charge in [-0.25, -0.2) is 0 Å². The summed E-state index contributed by atoms with van der Waals surface area (Å²) in [6, 6.07) is 13.2. The lowest BCUT2D eigenvalue weighted by atomic mass is 10.1. The largest absolute Gasteiger partial charge is 0.497 e. The number of hydrogen-bond donors (Lipinski definition) is 1. The first-order chi connectivity index (χ1) is 14.0. The van der Waals surface area contributed by atoms with Crippen molar-refractivity contribution in [1.82, 2.24) is 15.5 Å². The lowest BCUT2D eigenvalue weighted by Gasteiger charge is -2.18. The molecule has 0 radical (unpaired) electrons. The average Bonchev–Trinajstić information content (AvgIpc) is 3.20. The minimum absolute atomic E-state index is 0.134. The summed E-state index contributed by atoms with van der Waals surface area (Å²) >= 11 is 0. The van der Waals surface area contributed by atoms with E-state index in [2.05, 4.69) is 15.5 Å². The first kappa shape index (κ1) is 20.4. The number of amides is 1. The lowest BCUT2D eigenvalue weighted by Crippen LogP contribution is -2.37. The monoisotopic (exact) mass is 395 g/mol. The molecule has 0 saturated heterocycles. The second-order valence-corrected chi connectivity index (χ2v) is 6.74. The van der Waals surface area contributed by atoms with Crippen molar-refractivity contribution in [3.8, 4) is 22.9 Å². The van der Waals surface area contributed by atoms with E-state index in [1.807, 2.05) is 63.2 Å². The molecule has 2 aromatic carbocycles. The molecule has 7 heteroatoms. The zero-order chi connectivity index (χ0) is 20.8. The van der Waals surface area contributed by atoms with E-state index in [-0.39, 0.29) is 12.5 Å².